The average molecular weight is 448 g/mol. The van der Waals surface area contributed by atoms with Gasteiger partial charge in [0.15, 0.2) is 11.5 Å². The lowest BCUT2D eigenvalue weighted by Crippen LogP contribution is -2.10. The van der Waals surface area contributed by atoms with Crippen LogP contribution in [-0.2, 0) is 19.7 Å². The van der Waals surface area contributed by atoms with Crippen molar-refractivity contribution in [2.75, 3.05) is 12.4 Å². The van der Waals surface area contributed by atoms with Gasteiger partial charge in [-0.1, -0.05) is 39.2 Å². The summed E-state index contributed by atoms with van der Waals surface area (Å²) in [6.45, 7) is 4.85. The van der Waals surface area contributed by atoms with Gasteiger partial charge in [0.1, 0.15) is 12.4 Å². The molecule has 9 heteroatoms. The predicted molar refractivity (Wildman–Crippen MR) is 107 cm³/mol. The molecule has 1 N–H and O–H groups in total. The molecule has 0 saturated heterocycles. The van der Waals surface area contributed by atoms with E-state index < -0.39 is 0 Å². The van der Waals surface area contributed by atoms with Gasteiger partial charge in [-0.15, -0.1) is 6.58 Å². The molecule has 2 aromatic carbocycles. The topological polar surface area (TPSA) is 74.1 Å². The highest BCUT2D eigenvalue weighted by Crippen LogP contribution is 2.37. The van der Waals surface area contributed by atoms with E-state index >= 15 is 0 Å². The standard InChI is InChI=1S/C19H19BrFN5O2/c1-3-10-26-19(23-24-25-26)22-11-15-16(20)8-9-17(27-2)18(15)28-12-13-4-6-14(21)7-5-13/h3-9H,1,10-12H2,2H3,(H,22,23,25). The molecule has 0 fully saturated rings. The lowest BCUT2D eigenvalue weighted by molar-refractivity contribution is 0.281. The number of allylic oxidation sites excluding steroid dienone is 1. The normalized spacial score (nSPS) is 10.5. The molecular weight excluding hydrogens is 429 g/mol. The Balaban J connectivity index is 1.81. The van der Waals surface area contributed by atoms with Gasteiger partial charge in [-0.2, -0.15) is 0 Å². The van der Waals surface area contributed by atoms with Crippen LogP contribution >= 0.6 is 15.9 Å². The van der Waals surface area contributed by atoms with Gasteiger partial charge in [-0.25, -0.2) is 9.07 Å². The van der Waals surface area contributed by atoms with Crippen molar-refractivity contribution in [3.8, 4) is 11.5 Å². The number of rotatable bonds is 9. The van der Waals surface area contributed by atoms with Crippen molar-refractivity contribution in [1.29, 1.82) is 0 Å². The molecule has 0 radical (unpaired) electrons. The Morgan fingerprint density at radius 2 is 2.04 bits per heavy atom. The van der Waals surface area contributed by atoms with E-state index in [0.717, 1.165) is 15.6 Å². The molecule has 0 bridgehead atoms. The Kier molecular flexibility index (Phi) is 6.59. The third-order valence-electron chi connectivity index (χ3n) is 3.94. The van der Waals surface area contributed by atoms with E-state index in [9.17, 15) is 4.39 Å². The van der Waals surface area contributed by atoms with Gasteiger partial charge in [0.25, 0.3) is 0 Å². The number of anilines is 1. The molecule has 146 valence electrons. The van der Waals surface area contributed by atoms with Crippen LogP contribution in [0.3, 0.4) is 0 Å². The number of tetrazole rings is 1. The first-order chi connectivity index (χ1) is 13.6. The van der Waals surface area contributed by atoms with E-state index in [-0.39, 0.29) is 12.4 Å². The van der Waals surface area contributed by atoms with Crippen LogP contribution in [0.1, 0.15) is 11.1 Å². The van der Waals surface area contributed by atoms with Crippen LogP contribution in [0.4, 0.5) is 10.3 Å². The molecular formula is C19H19BrFN5O2. The summed E-state index contributed by atoms with van der Waals surface area (Å²) in [6, 6.07) is 9.86. The molecule has 0 aliphatic carbocycles. The largest absolute Gasteiger partial charge is 0.493 e. The summed E-state index contributed by atoms with van der Waals surface area (Å²) in [5.74, 6) is 1.40. The summed E-state index contributed by atoms with van der Waals surface area (Å²) < 4.78 is 27.0. The molecule has 0 aliphatic rings. The van der Waals surface area contributed by atoms with Crippen molar-refractivity contribution >= 4 is 21.9 Å². The zero-order chi connectivity index (χ0) is 19.9. The van der Waals surface area contributed by atoms with Crippen molar-refractivity contribution in [3.05, 3.63) is 70.5 Å². The van der Waals surface area contributed by atoms with Crippen molar-refractivity contribution in [2.24, 2.45) is 0 Å². The molecule has 28 heavy (non-hydrogen) atoms. The van der Waals surface area contributed by atoms with E-state index in [1.807, 2.05) is 12.1 Å². The summed E-state index contributed by atoms with van der Waals surface area (Å²) >= 11 is 3.56. The molecule has 1 heterocycles. The lowest BCUT2D eigenvalue weighted by Gasteiger charge is -2.17. The van der Waals surface area contributed by atoms with Gasteiger partial charge in [-0.05, 0) is 40.3 Å². The van der Waals surface area contributed by atoms with E-state index in [2.05, 4.69) is 43.4 Å². The van der Waals surface area contributed by atoms with Crippen LogP contribution in [-0.4, -0.2) is 27.3 Å². The highest BCUT2D eigenvalue weighted by atomic mass is 79.9. The van der Waals surface area contributed by atoms with Crippen LogP contribution in [0.5, 0.6) is 11.5 Å². The number of ether oxygens (including phenoxy) is 2. The van der Waals surface area contributed by atoms with Crippen LogP contribution in [0.2, 0.25) is 0 Å². The highest BCUT2D eigenvalue weighted by molar-refractivity contribution is 9.10. The minimum atomic E-state index is -0.286. The first-order valence-electron chi connectivity index (χ1n) is 8.46. The molecule has 3 aromatic rings. The van der Waals surface area contributed by atoms with Crippen LogP contribution in [0.25, 0.3) is 0 Å². The summed E-state index contributed by atoms with van der Waals surface area (Å²) in [4.78, 5) is 0. The summed E-state index contributed by atoms with van der Waals surface area (Å²) in [7, 11) is 1.58. The second-order valence-electron chi connectivity index (χ2n) is 5.80. The zero-order valence-corrected chi connectivity index (χ0v) is 16.8. The molecule has 0 atom stereocenters. The van der Waals surface area contributed by atoms with Gasteiger partial charge < -0.3 is 14.8 Å². The SMILES string of the molecule is C=CCn1nnnc1NCc1c(Br)ccc(OC)c1OCc1ccc(F)cc1. The van der Waals surface area contributed by atoms with Crippen molar-refractivity contribution in [3.63, 3.8) is 0 Å². The Morgan fingerprint density at radius 3 is 2.75 bits per heavy atom. The molecule has 0 unspecified atom stereocenters. The Hall–Kier alpha value is -2.94. The number of nitrogens with zero attached hydrogens (tertiary/aromatic N) is 4. The number of benzene rings is 2. The second-order valence-corrected chi connectivity index (χ2v) is 6.65. The van der Waals surface area contributed by atoms with Gasteiger partial charge in [0, 0.05) is 16.6 Å². The monoisotopic (exact) mass is 447 g/mol. The Labute approximate surface area is 170 Å². The van der Waals surface area contributed by atoms with Gasteiger partial charge in [0.05, 0.1) is 13.7 Å². The summed E-state index contributed by atoms with van der Waals surface area (Å²) in [6.07, 6.45) is 1.71. The van der Waals surface area contributed by atoms with Crippen molar-refractivity contribution in [2.45, 2.75) is 19.7 Å². The first-order valence-corrected chi connectivity index (χ1v) is 9.25. The molecule has 0 amide bonds. The maximum atomic E-state index is 13.1. The lowest BCUT2D eigenvalue weighted by atomic mass is 10.1. The molecule has 1 aromatic heterocycles. The predicted octanol–water partition coefficient (Wildman–Crippen LogP) is 3.96. The zero-order valence-electron chi connectivity index (χ0n) is 15.2. The van der Waals surface area contributed by atoms with Crippen LogP contribution in [0, 0.1) is 5.82 Å². The van der Waals surface area contributed by atoms with Crippen LogP contribution in [0.15, 0.2) is 53.5 Å². The van der Waals surface area contributed by atoms with Crippen LogP contribution < -0.4 is 14.8 Å². The van der Waals surface area contributed by atoms with Gasteiger partial charge in [0.2, 0.25) is 5.95 Å². The smallest absolute Gasteiger partial charge is 0.243 e. The molecule has 0 saturated carbocycles. The molecule has 3 rings (SSSR count). The maximum absolute atomic E-state index is 13.1. The quantitative estimate of drug-likeness (QED) is 0.500. The number of aromatic nitrogens is 4. The molecule has 0 aliphatic heterocycles. The number of methoxy groups -OCH3 is 1. The Morgan fingerprint density at radius 1 is 1.25 bits per heavy atom. The van der Waals surface area contributed by atoms with E-state index in [1.54, 1.807) is 30.0 Å². The Bertz CT molecular complexity index is 946. The summed E-state index contributed by atoms with van der Waals surface area (Å²) in [5.41, 5.74) is 1.69. The molecule has 7 nitrogen and oxygen atoms in total. The number of halogens is 2. The third-order valence-corrected chi connectivity index (χ3v) is 4.68. The average Bonchev–Trinajstić information content (AvgIpc) is 3.14. The maximum Gasteiger partial charge on any atom is 0.243 e. The number of hydrogen-bond acceptors (Lipinski definition) is 6. The third kappa shape index (κ3) is 4.66. The van der Waals surface area contributed by atoms with Crippen molar-refractivity contribution < 1.29 is 13.9 Å². The highest BCUT2D eigenvalue weighted by Gasteiger charge is 2.16. The van der Waals surface area contributed by atoms with E-state index in [4.69, 9.17) is 9.47 Å². The fraction of sp³-hybridized carbons (Fsp3) is 0.211. The fourth-order valence-electron chi connectivity index (χ4n) is 2.55. The summed E-state index contributed by atoms with van der Waals surface area (Å²) in [5, 5.41) is 14.7. The minimum Gasteiger partial charge on any atom is -0.493 e. The second kappa shape index (κ2) is 9.32. The molecule has 0 spiro atoms. The number of hydrogen-bond donors (Lipinski definition) is 1. The minimum absolute atomic E-state index is 0.272. The number of nitrogens with one attached hydrogen (secondary N) is 1. The van der Waals surface area contributed by atoms with Crippen molar-refractivity contribution in [1.82, 2.24) is 20.2 Å². The van der Waals surface area contributed by atoms with E-state index in [0.29, 0.717) is 30.5 Å². The van der Waals surface area contributed by atoms with Gasteiger partial charge in [-0.3, -0.25) is 0 Å². The first kappa shape index (κ1) is 19.8. The fourth-order valence-corrected chi connectivity index (χ4v) is 3.00. The van der Waals surface area contributed by atoms with E-state index in [1.165, 1.54) is 12.1 Å². The van der Waals surface area contributed by atoms with Gasteiger partial charge >= 0.3 is 0 Å².